The predicted molar refractivity (Wildman–Crippen MR) is 28.1 cm³/mol. The fourth-order valence-corrected chi connectivity index (χ4v) is 1.40. The van der Waals surface area contributed by atoms with Crippen molar-refractivity contribution in [2.45, 2.75) is 12.8 Å². The van der Waals surface area contributed by atoms with Crippen LogP contribution in [0.3, 0.4) is 0 Å². The van der Waals surface area contributed by atoms with Gasteiger partial charge in [-0.25, -0.2) is 5.32 Å². The Bertz CT molecular complexity index is 70.2. The Morgan fingerprint density at radius 1 is 1.29 bits per heavy atom. The first-order valence-electron chi connectivity index (χ1n) is 3.10. The SMILES string of the molecule is C1CC2CC2C[N]1. The molecule has 1 nitrogen and oxygen atoms in total. The first-order chi connectivity index (χ1) is 3.47. The van der Waals surface area contributed by atoms with E-state index in [1.807, 2.05) is 0 Å². The molecule has 0 N–H and O–H groups in total. The molecule has 39 valence electrons. The number of fused-ring (bicyclic) bond motifs is 1. The summed E-state index contributed by atoms with van der Waals surface area (Å²) in [6.45, 7) is 2.34. The summed E-state index contributed by atoms with van der Waals surface area (Å²) in [5, 5.41) is 4.30. The summed E-state index contributed by atoms with van der Waals surface area (Å²) in [5.74, 6) is 2.14. The minimum absolute atomic E-state index is 1.04. The summed E-state index contributed by atoms with van der Waals surface area (Å²) in [6.07, 6.45) is 2.88. The van der Waals surface area contributed by atoms with E-state index in [1.54, 1.807) is 0 Å². The molecular formula is C6H10N. The van der Waals surface area contributed by atoms with Gasteiger partial charge in [-0.3, -0.25) is 0 Å². The number of hydrogen-bond acceptors (Lipinski definition) is 0. The van der Waals surface area contributed by atoms with Gasteiger partial charge in [0.25, 0.3) is 0 Å². The zero-order valence-electron chi connectivity index (χ0n) is 4.43. The van der Waals surface area contributed by atoms with Crippen LogP contribution in [0.15, 0.2) is 0 Å². The van der Waals surface area contributed by atoms with E-state index in [4.69, 9.17) is 0 Å². The van der Waals surface area contributed by atoms with Crippen molar-refractivity contribution in [2.75, 3.05) is 13.1 Å². The maximum atomic E-state index is 4.30. The van der Waals surface area contributed by atoms with Crippen LogP contribution >= 0.6 is 0 Å². The smallest absolute Gasteiger partial charge is 0.0164 e. The van der Waals surface area contributed by atoms with Gasteiger partial charge in [-0.15, -0.1) is 0 Å². The lowest BCUT2D eigenvalue weighted by molar-refractivity contribution is 0.489. The van der Waals surface area contributed by atoms with Crippen molar-refractivity contribution in [3.63, 3.8) is 0 Å². The lowest BCUT2D eigenvalue weighted by atomic mass is 10.2. The lowest BCUT2D eigenvalue weighted by Gasteiger charge is -2.05. The van der Waals surface area contributed by atoms with E-state index in [2.05, 4.69) is 5.32 Å². The number of hydrogen-bond donors (Lipinski definition) is 0. The molecular weight excluding hydrogens is 86.1 g/mol. The van der Waals surface area contributed by atoms with Crippen LogP contribution in [-0.4, -0.2) is 13.1 Å². The van der Waals surface area contributed by atoms with Gasteiger partial charge in [-0.2, -0.15) is 0 Å². The van der Waals surface area contributed by atoms with Gasteiger partial charge >= 0.3 is 0 Å². The molecule has 2 fully saturated rings. The van der Waals surface area contributed by atoms with E-state index in [1.165, 1.54) is 19.4 Å². The maximum absolute atomic E-state index is 4.30. The Balaban J connectivity index is 1.95. The van der Waals surface area contributed by atoms with E-state index >= 15 is 0 Å². The molecule has 1 aliphatic carbocycles. The molecule has 0 aromatic carbocycles. The third-order valence-corrected chi connectivity index (χ3v) is 2.09. The standard InChI is InChI=1S/C6H10N/c1-2-7-4-6-3-5(1)6/h5-6H,1-4H2. The highest BCUT2D eigenvalue weighted by Crippen LogP contribution is 2.42. The molecule has 1 saturated carbocycles. The van der Waals surface area contributed by atoms with E-state index in [0.29, 0.717) is 0 Å². The second-order valence-corrected chi connectivity index (χ2v) is 2.67. The number of rotatable bonds is 0. The van der Waals surface area contributed by atoms with Crippen molar-refractivity contribution >= 4 is 0 Å². The van der Waals surface area contributed by atoms with Crippen LogP contribution < -0.4 is 5.32 Å². The number of nitrogens with zero attached hydrogens (tertiary/aromatic N) is 1. The molecule has 0 aromatic heterocycles. The minimum Gasteiger partial charge on any atom is -0.241 e. The van der Waals surface area contributed by atoms with Crippen LogP contribution in [-0.2, 0) is 0 Å². The van der Waals surface area contributed by atoms with E-state index in [9.17, 15) is 0 Å². The molecule has 0 spiro atoms. The van der Waals surface area contributed by atoms with E-state index < -0.39 is 0 Å². The third kappa shape index (κ3) is 0.556. The average molecular weight is 96.2 g/mol. The molecule has 1 heteroatoms. The van der Waals surface area contributed by atoms with Gasteiger partial charge in [0.1, 0.15) is 0 Å². The Kier molecular flexibility index (Phi) is 0.680. The van der Waals surface area contributed by atoms with Crippen molar-refractivity contribution in [1.82, 2.24) is 5.32 Å². The van der Waals surface area contributed by atoms with Gasteiger partial charge in [-0.1, -0.05) is 0 Å². The van der Waals surface area contributed by atoms with Crippen molar-refractivity contribution < 1.29 is 0 Å². The van der Waals surface area contributed by atoms with Gasteiger partial charge in [0.2, 0.25) is 0 Å². The fraction of sp³-hybridized carbons (Fsp3) is 1.00. The summed E-state index contributed by atoms with van der Waals surface area (Å²) in [4.78, 5) is 0. The average Bonchev–Trinajstić information content (AvgIpc) is 2.41. The zero-order chi connectivity index (χ0) is 4.69. The number of piperidine rings is 1. The lowest BCUT2D eigenvalue weighted by Crippen LogP contribution is -2.16. The summed E-state index contributed by atoms with van der Waals surface area (Å²) in [5.41, 5.74) is 0. The normalized spacial score (nSPS) is 48.0. The van der Waals surface area contributed by atoms with E-state index in [0.717, 1.165) is 18.4 Å². The van der Waals surface area contributed by atoms with Crippen LogP contribution in [0.25, 0.3) is 0 Å². The van der Waals surface area contributed by atoms with Gasteiger partial charge in [0.15, 0.2) is 0 Å². The highest BCUT2D eigenvalue weighted by molar-refractivity contribution is 4.91. The van der Waals surface area contributed by atoms with Gasteiger partial charge < -0.3 is 0 Å². The molecule has 2 atom stereocenters. The molecule has 0 bridgehead atoms. The monoisotopic (exact) mass is 96.1 g/mol. The molecule has 2 unspecified atom stereocenters. The highest BCUT2D eigenvalue weighted by Gasteiger charge is 2.38. The third-order valence-electron chi connectivity index (χ3n) is 2.09. The van der Waals surface area contributed by atoms with Crippen LogP contribution in [0.5, 0.6) is 0 Å². The second-order valence-electron chi connectivity index (χ2n) is 2.67. The maximum Gasteiger partial charge on any atom is 0.0164 e. The molecule has 2 aliphatic rings. The topological polar surface area (TPSA) is 14.1 Å². The van der Waals surface area contributed by atoms with Crippen LogP contribution in [0.4, 0.5) is 0 Å². The Labute approximate surface area is 44.1 Å². The first-order valence-corrected chi connectivity index (χ1v) is 3.10. The van der Waals surface area contributed by atoms with Gasteiger partial charge in [-0.05, 0) is 24.7 Å². The van der Waals surface area contributed by atoms with Crippen molar-refractivity contribution in [2.24, 2.45) is 11.8 Å². The second kappa shape index (κ2) is 1.22. The molecule has 1 aliphatic heterocycles. The molecule has 1 saturated heterocycles. The molecule has 7 heavy (non-hydrogen) atoms. The quantitative estimate of drug-likeness (QED) is 0.420. The van der Waals surface area contributed by atoms with Crippen LogP contribution in [0.1, 0.15) is 12.8 Å². The highest BCUT2D eigenvalue weighted by atomic mass is 14.9. The fourth-order valence-electron chi connectivity index (χ4n) is 1.40. The summed E-state index contributed by atoms with van der Waals surface area (Å²) in [6, 6.07) is 0. The molecule has 1 radical (unpaired) electrons. The van der Waals surface area contributed by atoms with Gasteiger partial charge in [0.05, 0.1) is 0 Å². The zero-order valence-corrected chi connectivity index (χ0v) is 4.43. The van der Waals surface area contributed by atoms with E-state index in [-0.39, 0.29) is 0 Å². The summed E-state index contributed by atoms with van der Waals surface area (Å²) in [7, 11) is 0. The van der Waals surface area contributed by atoms with Crippen molar-refractivity contribution in [1.29, 1.82) is 0 Å². The first kappa shape index (κ1) is 3.90. The van der Waals surface area contributed by atoms with Crippen molar-refractivity contribution in [3.8, 4) is 0 Å². The largest absolute Gasteiger partial charge is 0.241 e. The van der Waals surface area contributed by atoms with Crippen LogP contribution in [0, 0.1) is 11.8 Å². The Morgan fingerprint density at radius 2 is 2.29 bits per heavy atom. The minimum atomic E-state index is 1.04. The predicted octanol–water partition coefficient (Wildman–Crippen LogP) is 0.631. The molecule has 0 aromatic rings. The molecule has 2 rings (SSSR count). The van der Waals surface area contributed by atoms with Crippen molar-refractivity contribution in [3.05, 3.63) is 0 Å². The molecule has 0 amide bonds. The van der Waals surface area contributed by atoms with Gasteiger partial charge in [0, 0.05) is 13.1 Å². The Hall–Kier alpha value is -0.0400. The Morgan fingerprint density at radius 3 is 2.86 bits per heavy atom. The summed E-state index contributed by atoms with van der Waals surface area (Å²) >= 11 is 0. The van der Waals surface area contributed by atoms with Crippen LogP contribution in [0.2, 0.25) is 0 Å². The summed E-state index contributed by atoms with van der Waals surface area (Å²) < 4.78 is 0. The molecule has 1 heterocycles.